The highest BCUT2D eigenvalue weighted by atomic mass is 16.5. The van der Waals surface area contributed by atoms with Gasteiger partial charge >= 0.3 is 5.97 Å². The Morgan fingerprint density at radius 2 is 2.05 bits per heavy atom. The normalized spacial score (nSPS) is 10.6. The molecule has 1 N–H and O–H groups in total. The van der Waals surface area contributed by atoms with Gasteiger partial charge in [0.25, 0.3) is 0 Å². The molecule has 0 atom stereocenters. The second kappa shape index (κ2) is 4.53. The topological polar surface area (TPSA) is 67.9 Å². The molecule has 2 heterocycles. The summed E-state index contributed by atoms with van der Waals surface area (Å²) >= 11 is 0. The van der Waals surface area contributed by atoms with Crippen molar-refractivity contribution in [3.8, 4) is 11.4 Å². The number of ether oxygens (including phenoxy) is 1. The standard InChI is InChI=1S/C14H11N3O2/c1-19-14(18)12-8-16-13(17-12)11-7-15-6-9-4-2-3-5-10(9)11/h2-8H,1H3,(H,16,17). The molecule has 3 aromatic rings. The minimum Gasteiger partial charge on any atom is -0.464 e. The maximum Gasteiger partial charge on any atom is 0.356 e. The lowest BCUT2D eigenvalue weighted by Gasteiger charge is -2.02. The van der Waals surface area contributed by atoms with Gasteiger partial charge in [-0.1, -0.05) is 24.3 Å². The zero-order valence-corrected chi connectivity index (χ0v) is 10.3. The van der Waals surface area contributed by atoms with Gasteiger partial charge < -0.3 is 9.72 Å². The van der Waals surface area contributed by atoms with Crippen LogP contribution in [0.2, 0.25) is 0 Å². The molecule has 0 unspecified atom stereocenters. The van der Waals surface area contributed by atoms with E-state index in [1.807, 2.05) is 24.3 Å². The smallest absolute Gasteiger partial charge is 0.356 e. The lowest BCUT2D eigenvalue weighted by Crippen LogP contribution is -2.01. The molecule has 0 spiro atoms. The van der Waals surface area contributed by atoms with Crippen molar-refractivity contribution in [2.24, 2.45) is 0 Å². The van der Waals surface area contributed by atoms with Crippen molar-refractivity contribution in [2.75, 3.05) is 7.11 Å². The van der Waals surface area contributed by atoms with Crippen LogP contribution in [0.3, 0.4) is 0 Å². The summed E-state index contributed by atoms with van der Waals surface area (Å²) in [7, 11) is 1.34. The highest BCUT2D eigenvalue weighted by Crippen LogP contribution is 2.25. The molecule has 0 aliphatic carbocycles. The predicted molar refractivity (Wildman–Crippen MR) is 70.7 cm³/mol. The number of nitrogens with one attached hydrogen (secondary N) is 1. The van der Waals surface area contributed by atoms with Gasteiger partial charge in [0.2, 0.25) is 0 Å². The van der Waals surface area contributed by atoms with Crippen LogP contribution in [0, 0.1) is 0 Å². The summed E-state index contributed by atoms with van der Waals surface area (Å²) in [6.45, 7) is 0. The van der Waals surface area contributed by atoms with Crippen LogP contribution < -0.4 is 0 Å². The maximum atomic E-state index is 11.4. The van der Waals surface area contributed by atoms with E-state index in [0.717, 1.165) is 16.3 Å². The number of fused-ring (bicyclic) bond motifs is 1. The summed E-state index contributed by atoms with van der Waals surface area (Å²) in [5, 5.41) is 2.05. The van der Waals surface area contributed by atoms with Crippen molar-refractivity contribution in [2.45, 2.75) is 0 Å². The molecule has 3 rings (SSSR count). The number of H-pyrrole nitrogens is 1. The molecule has 19 heavy (non-hydrogen) atoms. The van der Waals surface area contributed by atoms with Gasteiger partial charge in [0.1, 0.15) is 11.5 Å². The molecule has 1 aromatic carbocycles. The van der Waals surface area contributed by atoms with Crippen LogP contribution in [-0.2, 0) is 4.74 Å². The summed E-state index contributed by atoms with van der Waals surface area (Å²) in [5.41, 5.74) is 1.18. The van der Waals surface area contributed by atoms with Crippen LogP contribution >= 0.6 is 0 Å². The molecule has 5 heteroatoms. The Balaban J connectivity index is 2.14. The minimum atomic E-state index is -0.438. The quantitative estimate of drug-likeness (QED) is 0.712. The number of benzene rings is 1. The van der Waals surface area contributed by atoms with Crippen LogP contribution in [0.5, 0.6) is 0 Å². The molecule has 5 nitrogen and oxygen atoms in total. The van der Waals surface area contributed by atoms with Crippen molar-refractivity contribution in [3.05, 3.63) is 48.5 Å². The molecule has 0 aliphatic heterocycles. The van der Waals surface area contributed by atoms with Gasteiger partial charge in [0.15, 0.2) is 0 Å². The number of carbonyl (C=O) groups excluding carboxylic acids is 1. The Morgan fingerprint density at radius 3 is 2.89 bits per heavy atom. The van der Waals surface area contributed by atoms with Gasteiger partial charge in [-0.25, -0.2) is 9.78 Å². The van der Waals surface area contributed by atoms with Crippen LogP contribution in [-0.4, -0.2) is 28.0 Å². The summed E-state index contributed by atoms with van der Waals surface area (Å²) in [5.74, 6) is 0.164. The largest absolute Gasteiger partial charge is 0.464 e. The SMILES string of the molecule is COC(=O)c1cnc(-c2cncc3ccccc23)[nH]1. The third-order valence-corrected chi connectivity index (χ3v) is 2.90. The minimum absolute atomic E-state index is 0.324. The zero-order chi connectivity index (χ0) is 13.2. The van der Waals surface area contributed by atoms with Crippen LogP contribution in [0.25, 0.3) is 22.2 Å². The Labute approximate surface area is 109 Å². The van der Waals surface area contributed by atoms with Gasteiger partial charge in [-0.05, 0) is 5.39 Å². The van der Waals surface area contributed by atoms with E-state index in [1.54, 1.807) is 12.4 Å². The van der Waals surface area contributed by atoms with E-state index in [2.05, 4.69) is 19.7 Å². The molecule has 0 saturated heterocycles. The summed E-state index contributed by atoms with van der Waals surface area (Å²) in [4.78, 5) is 22.8. The highest BCUT2D eigenvalue weighted by Gasteiger charge is 2.12. The fourth-order valence-electron chi connectivity index (χ4n) is 1.98. The molecule has 2 aromatic heterocycles. The first-order chi connectivity index (χ1) is 9.29. The Bertz CT molecular complexity index is 744. The highest BCUT2D eigenvalue weighted by molar-refractivity contribution is 5.95. The second-order valence-electron chi connectivity index (χ2n) is 4.05. The number of imidazole rings is 1. The van der Waals surface area contributed by atoms with Crippen molar-refractivity contribution in [1.29, 1.82) is 0 Å². The number of carbonyl (C=O) groups is 1. The molecule has 0 bridgehead atoms. The third kappa shape index (κ3) is 1.95. The predicted octanol–water partition coefficient (Wildman–Crippen LogP) is 2.41. The first-order valence-electron chi connectivity index (χ1n) is 5.76. The molecule has 0 radical (unpaired) electrons. The van der Waals surface area contributed by atoms with Gasteiger partial charge in [-0.2, -0.15) is 0 Å². The Kier molecular flexibility index (Phi) is 2.72. The molecule has 0 aliphatic rings. The average Bonchev–Trinajstić information content (AvgIpc) is 2.95. The van der Waals surface area contributed by atoms with Crippen molar-refractivity contribution < 1.29 is 9.53 Å². The number of aromatic nitrogens is 3. The first-order valence-corrected chi connectivity index (χ1v) is 5.76. The van der Waals surface area contributed by atoms with Gasteiger partial charge in [0, 0.05) is 23.3 Å². The van der Waals surface area contributed by atoms with Crippen LogP contribution in [0.4, 0.5) is 0 Å². The Morgan fingerprint density at radius 1 is 1.21 bits per heavy atom. The number of aromatic amines is 1. The monoisotopic (exact) mass is 253 g/mol. The number of rotatable bonds is 2. The van der Waals surface area contributed by atoms with E-state index < -0.39 is 5.97 Å². The molecular weight excluding hydrogens is 242 g/mol. The maximum absolute atomic E-state index is 11.4. The fraction of sp³-hybridized carbons (Fsp3) is 0.0714. The van der Waals surface area contributed by atoms with Crippen LogP contribution in [0.15, 0.2) is 42.9 Å². The number of esters is 1. The summed E-state index contributed by atoms with van der Waals surface area (Å²) in [6.07, 6.45) is 4.98. The lowest BCUT2D eigenvalue weighted by atomic mass is 10.1. The van der Waals surface area contributed by atoms with E-state index in [4.69, 9.17) is 0 Å². The molecular formula is C14H11N3O2. The van der Waals surface area contributed by atoms with Gasteiger partial charge in [-0.3, -0.25) is 4.98 Å². The van der Waals surface area contributed by atoms with E-state index in [1.165, 1.54) is 13.3 Å². The summed E-state index contributed by atoms with van der Waals surface area (Å²) < 4.78 is 4.65. The molecule has 0 saturated carbocycles. The third-order valence-electron chi connectivity index (χ3n) is 2.90. The number of nitrogens with zero attached hydrogens (tertiary/aromatic N) is 2. The van der Waals surface area contributed by atoms with Crippen molar-refractivity contribution >= 4 is 16.7 Å². The number of hydrogen-bond acceptors (Lipinski definition) is 4. The number of methoxy groups -OCH3 is 1. The van der Waals surface area contributed by atoms with E-state index in [0.29, 0.717) is 11.5 Å². The van der Waals surface area contributed by atoms with E-state index >= 15 is 0 Å². The Hall–Kier alpha value is -2.69. The van der Waals surface area contributed by atoms with Crippen molar-refractivity contribution in [3.63, 3.8) is 0 Å². The van der Waals surface area contributed by atoms with Gasteiger partial charge in [0.05, 0.1) is 13.3 Å². The first kappa shape index (κ1) is 11.4. The van der Waals surface area contributed by atoms with E-state index in [-0.39, 0.29) is 0 Å². The van der Waals surface area contributed by atoms with Gasteiger partial charge in [-0.15, -0.1) is 0 Å². The molecule has 0 fully saturated rings. The lowest BCUT2D eigenvalue weighted by molar-refractivity contribution is 0.0595. The fourth-order valence-corrected chi connectivity index (χ4v) is 1.98. The number of hydrogen-bond donors (Lipinski definition) is 1. The summed E-state index contributed by atoms with van der Waals surface area (Å²) in [6, 6.07) is 7.88. The number of pyridine rings is 1. The average molecular weight is 253 g/mol. The van der Waals surface area contributed by atoms with Crippen LogP contribution in [0.1, 0.15) is 10.5 Å². The second-order valence-corrected chi connectivity index (χ2v) is 4.05. The van der Waals surface area contributed by atoms with E-state index in [9.17, 15) is 4.79 Å². The molecule has 0 amide bonds. The van der Waals surface area contributed by atoms with Crippen molar-refractivity contribution in [1.82, 2.24) is 15.0 Å². The molecule has 94 valence electrons. The zero-order valence-electron chi connectivity index (χ0n) is 10.3.